The fourth-order valence-corrected chi connectivity index (χ4v) is 4.17. The van der Waals surface area contributed by atoms with Crippen molar-refractivity contribution in [2.75, 3.05) is 19.7 Å². The van der Waals surface area contributed by atoms with E-state index < -0.39 is 17.9 Å². The van der Waals surface area contributed by atoms with E-state index in [9.17, 15) is 14.4 Å². The summed E-state index contributed by atoms with van der Waals surface area (Å²) in [5.41, 5.74) is 4.94. The van der Waals surface area contributed by atoms with E-state index in [0.717, 1.165) is 22.9 Å². The smallest absolute Gasteiger partial charge is 0.279 e. The molecule has 1 saturated heterocycles. The zero-order chi connectivity index (χ0) is 25.3. The standard InChI is InChI=1S/C28H31N3O5/c1-20(36-25-14-13-21-8-5-6-9-22(21)18-25)27(33)29-30-28(34)23-10-7-16-31(19-23)26(32)15-17-35-24-11-3-2-4-12-24/h2-6,8-9,11-14,18,20,23H,7,10,15-17,19H2,1H3,(H,29,33)(H,30,34). The minimum Gasteiger partial charge on any atom is -0.493 e. The van der Waals surface area contributed by atoms with Crippen LogP contribution in [0.15, 0.2) is 72.8 Å². The number of hydrazine groups is 1. The van der Waals surface area contributed by atoms with Crippen molar-refractivity contribution < 1.29 is 23.9 Å². The van der Waals surface area contributed by atoms with Gasteiger partial charge >= 0.3 is 0 Å². The predicted molar refractivity (Wildman–Crippen MR) is 136 cm³/mol. The van der Waals surface area contributed by atoms with Gasteiger partial charge in [-0.1, -0.05) is 48.5 Å². The molecule has 0 aromatic heterocycles. The first kappa shape index (κ1) is 25.0. The van der Waals surface area contributed by atoms with Crippen LogP contribution in [0.4, 0.5) is 0 Å². The topological polar surface area (TPSA) is 97.0 Å². The number of nitrogens with one attached hydrogen (secondary N) is 2. The van der Waals surface area contributed by atoms with E-state index in [1.54, 1.807) is 11.8 Å². The minimum absolute atomic E-state index is 0.0510. The third kappa shape index (κ3) is 6.75. The van der Waals surface area contributed by atoms with E-state index in [1.807, 2.05) is 72.8 Å². The minimum atomic E-state index is -0.805. The third-order valence-electron chi connectivity index (χ3n) is 6.18. The Bertz CT molecular complexity index is 1200. The van der Waals surface area contributed by atoms with Crippen LogP contribution in [0, 0.1) is 5.92 Å². The normalized spacial score (nSPS) is 16.1. The van der Waals surface area contributed by atoms with Gasteiger partial charge in [0.05, 0.1) is 18.9 Å². The quantitative estimate of drug-likeness (QED) is 0.473. The molecule has 1 heterocycles. The number of hydrogen-bond acceptors (Lipinski definition) is 5. The number of benzene rings is 3. The lowest BCUT2D eigenvalue weighted by molar-refractivity contribution is -0.138. The first-order valence-electron chi connectivity index (χ1n) is 12.2. The molecule has 36 heavy (non-hydrogen) atoms. The molecule has 1 aliphatic heterocycles. The lowest BCUT2D eigenvalue weighted by atomic mass is 9.97. The molecule has 0 aliphatic carbocycles. The largest absolute Gasteiger partial charge is 0.493 e. The molecule has 8 heteroatoms. The van der Waals surface area contributed by atoms with Crippen molar-refractivity contribution in [3.8, 4) is 11.5 Å². The Morgan fingerprint density at radius 3 is 2.50 bits per heavy atom. The number of hydrogen-bond donors (Lipinski definition) is 2. The number of para-hydroxylation sites is 1. The fraction of sp³-hybridized carbons (Fsp3) is 0.321. The van der Waals surface area contributed by atoms with Crippen molar-refractivity contribution in [3.63, 3.8) is 0 Å². The van der Waals surface area contributed by atoms with E-state index in [0.29, 0.717) is 25.3 Å². The highest BCUT2D eigenvalue weighted by atomic mass is 16.5. The van der Waals surface area contributed by atoms with Crippen LogP contribution in [0.3, 0.4) is 0 Å². The molecule has 3 aromatic rings. The molecular formula is C28H31N3O5. The molecule has 0 saturated carbocycles. The summed E-state index contributed by atoms with van der Waals surface area (Å²) in [6.45, 7) is 2.82. The highest BCUT2D eigenvalue weighted by Crippen LogP contribution is 2.21. The van der Waals surface area contributed by atoms with Crippen molar-refractivity contribution >= 4 is 28.5 Å². The molecule has 3 amide bonds. The summed E-state index contributed by atoms with van der Waals surface area (Å²) in [6, 6.07) is 22.8. The maximum atomic E-state index is 12.7. The Kier molecular flexibility index (Phi) is 8.39. The second-order valence-electron chi connectivity index (χ2n) is 8.84. The van der Waals surface area contributed by atoms with Crippen molar-refractivity contribution in [1.82, 2.24) is 15.8 Å². The Labute approximate surface area is 210 Å². The van der Waals surface area contributed by atoms with E-state index >= 15 is 0 Å². The molecule has 2 unspecified atom stereocenters. The zero-order valence-corrected chi connectivity index (χ0v) is 20.3. The van der Waals surface area contributed by atoms with Gasteiger partial charge in [0.2, 0.25) is 11.8 Å². The number of piperidine rings is 1. The van der Waals surface area contributed by atoms with Gasteiger partial charge in [-0.25, -0.2) is 0 Å². The van der Waals surface area contributed by atoms with Crippen LogP contribution >= 0.6 is 0 Å². The first-order valence-corrected chi connectivity index (χ1v) is 12.2. The second-order valence-corrected chi connectivity index (χ2v) is 8.84. The zero-order valence-electron chi connectivity index (χ0n) is 20.3. The van der Waals surface area contributed by atoms with Gasteiger partial charge in [-0.05, 0) is 54.8 Å². The number of rotatable bonds is 8. The van der Waals surface area contributed by atoms with Gasteiger partial charge in [0, 0.05) is 13.1 Å². The van der Waals surface area contributed by atoms with Gasteiger partial charge in [-0.3, -0.25) is 25.2 Å². The Hall–Kier alpha value is -4.07. The number of carbonyl (C=O) groups is 3. The average molecular weight is 490 g/mol. The number of amides is 3. The summed E-state index contributed by atoms with van der Waals surface area (Å²) in [7, 11) is 0. The molecule has 2 N–H and O–H groups in total. The molecule has 1 fully saturated rings. The number of carbonyl (C=O) groups excluding carboxylic acids is 3. The van der Waals surface area contributed by atoms with Crippen LogP contribution in [0.5, 0.6) is 11.5 Å². The van der Waals surface area contributed by atoms with E-state index in [4.69, 9.17) is 9.47 Å². The molecule has 0 bridgehead atoms. The fourth-order valence-electron chi connectivity index (χ4n) is 4.17. The number of likely N-dealkylation sites (tertiary alicyclic amines) is 1. The van der Waals surface area contributed by atoms with E-state index in [2.05, 4.69) is 10.9 Å². The van der Waals surface area contributed by atoms with Crippen molar-refractivity contribution in [2.24, 2.45) is 5.92 Å². The lowest BCUT2D eigenvalue weighted by Gasteiger charge is -2.32. The van der Waals surface area contributed by atoms with Crippen LogP contribution in [0.25, 0.3) is 10.8 Å². The number of nitrogens with zero attached hydrogens (tertiary/aromatic N) is 1. The molecule has 188 valence electrons. The van der Waals surface area contributed by atoms with Crippen molar-refractivity contribution in [1.29, 1.82) is 0 Å². The summed E-state index contributed by atoms with van der Waals surface area (Å²) >= 11 is 0. The molecular weight excluding hydrogens is 458 g/mol. The SMILES string of the molecule is CC(Oc1ccc2ccccc2c1)C(=O)NNC(=O)C1CCCN(C(=O)CCOc2ccccc2)C1. The van der Waals surface area contributed by atoms with Gasteiger partial charge in [0.15, 0.2) is 6.10 Å². The molecule has 2 atom stereocenters. The Morgan fingerprint density at radius 1 is 0.944 bits per heavy atom. The predicted octanol–water partition coefficient (Wildman–Crippen LogP) is 3.46. The number of fused-ring (bicyclic) bond motifs is 1. The van der Waals surface area contributed by atoms with Gasteiger partial charge in [0.1, 0.15) is 11.5 Å². The highest BCUT2D eigenvalue weighted by Gasteiger charge is 2.29. The molecule has 1 aliphatic rings. The molecule has 0 spiro atoms. The molecule has 3 aromatic carbocycles. The molecule has 0 radical (unpaired) electrons. The van der Waals surface area contributed by atoms with Gasteiger partial charge in [-0.15, -0.1) is 0 Å². The van der Waals surface area contributed by atoms with Crippen molar-refractivity contribution in [2.45, 2.75) is 32.3 Å². The monoisotopic (exact) mass is 489 g/mol. The summed E-state index contributed by atoms with van der Waals surface area (Å²) in [5.74, 6) is 0.0633. The lowest BCUT2D eigenvalue weighted by Crippen LogP contribution is -2.52. The van der Waals surface area contributed by atoms with Crippen LogP contribution in [0.1, 0.15) is 26.2 Å². The average Bonchev–Trinajstić information content (AvgIpc) is 2.92. The van der Waals surface area contributed by atoms with Crippen LogP contribution in [-0.2, 0) is 14.4 Å². The Balaban J connectivity index is 1.20. The van der Waals surface area contributed by atoms with E-state index in [-0.39, 0.29) is 24.8 Å². The maximum Gasteiger partial charge on any atom is 0.279 e. The summed E-state index contributed by atoms with van der Waals surface area (Å²) < 4.78 is 11.4. The summed E-state index contributed by atoms with van der Waals surface area (Å²) in [4.78, 5) is 39.4. The molecule has 4 rings (SSSR count). The second kappa shape index (κ2) is 12.1. The van der Waals surface area contributed by atoms with Crippen molar-refractivity contribution in [3.05, 3.63) is 72.8 Å². The van der Waals surface area contributed by atoms with Gasteiger partial charge in [-0.2, -0.15) is 0 Å². The van der Waals surface area contributed by atoms with Crippen LogP contribution in [-0.4, -0.2) is 48.4 Å². The molecule has 8 nitrogen and oxygen atoms in total. The third-order valence-corrected chi connectivity index (χ3v) is 6.18. The first-order chi connectivity index (χ1) is 17.5. The Morgan fingerprint density at radius 2 is 1.69 bits per heavy atom. The van der Waals surface area contributed by atoms with Gasteiger partial charge < -0.3 is 14.4 Å². The van der Waals surface area contributed by atoms with Crippen LogP contribution in [0.2, 0.25) is 0 Å². The highest BCUT2D eigenvalue weighted by molar-refractivity contribution is 5.87. The summed E-state index contributed by atoms with van der Waals surface area (Å²) in [6.07, 6.45) is 0.804. The maximum absolute atomic E-state index is 12.7. The number of ether oxygens (including phenoxy) is 2. The summed E-state index contributed by atoms with van der Waals surface area (Å²) in [5, 5.41) is 2.09. The van der Waals surface area contributed by atoms with Gasteiger partial charge in [0.25, 0.3) is 5.91 Å². The van der Waals surface area contributed by atoms with Crippen LogP contribution < -0.4 is 20.3 Å². The van der Waals surface area contributed by atoms with E-state index in [1.165, 1.54) is 0 Å².